The molecular formula is C4H8O2S. The van der Waals surface area contributed by atoms with E-state index in [1.54, 1.807) is 0 Å². The molecule has 1 N–H and O–H groups in total. The van der Waals surface area contributed by atoms with Gasteiger partial charge in [-0.25, -0.2) is 0 Å². The zero-order valence-corrected chi connectivity index (χ0v) is 4.78. The maximum atomic E-state index is 8.67. The highest BCUT2D eigenvalue weighted by molar-refractivity contribution is 7.94. The third-order valence-corrected chi connectivity index (χ3v) is 1.67. The van der Waals surface area contributed by atoms with Crippen molar-refractivity contribution in [2.75, 3.05) is 5.75 Å². The summed E-state index contributed by atoms with van der Waals surface area (Å²) in [6, 6.07) is 0. The molecule has 0 bridgehead atoms. The fraction of sp³-hybridized carbons (Fsp3) is 1.00. The molecule has 0 aliphatic carbocycles. The quantitative estimate of drug-likeness (QED) is 0.479. The van der Waals surface area contributed by atoms with E-state index in [0.29, 0.717) is 0 Å². The topological polar surface area (TPSA) is 29.5 Å². The van der Waals surface area contributed by atoms with Crippen LogP contribution in [0.15, 0.2) is 0 Å². The molecule has 0 aromatic heterocycles. The van der Waals surface area contributed by atoms with Crippen molar-refractivity contribution in [3.8, 4) is 0 Å². The van der Waals surface area contributed by atoms with E-state index in [0.717, 1.165) is 18.6 Å². The monoisotopic (exact) mass is 120 g/mol. The average Bonchev–Trinajstić information content (AvgIpc) is 1.69. The van der Waals surface area contributed by atoms with E-state index in [-0.39, 0.29) is 0 Å². The lowest BCUT2D eigenvalue weighted by atomic mass is 10.3. The van der Waals surface area contributed by atoms with Crippen LogP contribution in [0.3, 0.4) is 0 Å². The van der Waals surface area contributed by atoms with Crippen LogP contribution < -0.4 is 0 Å². The molecule has 42 valence electrons. The van der Waals surface area contributed by atoms with E-state index in [2.05, 4.69) is 0 Å². The van der Waals surface area contributed by atoms with Gasteiger partial charge in [0, 0.05) is 12.2 Å². The molecule has 1 atom stereocenters. The molecule has 1 saturated heterocycles. The summed E-state index contributed by atoms with van der Waals surface area (Å²) in [5.41, 5.74) is 0. The first-order valence-corrected chi connectivity index (χ1v) is 3.27. The molecule has 2 nitrogen and oxygen atoms in total. The third-order valence-electron chi connectivity index (χ3n) is 0.858. The smallest absolute Gasteiger partial charge is 0.167 e. The highest BCUT2D eigenvalue weighted by Crippen LogP contribution is 2.17. The first-order chi connectivity index (χ1) is 3.39. The van der Waals surface area contributed by atoms with E-state index < -0.39 is 6.29 Å². The van der Waals surface area contributed by atoms with Crippen molar-refractivity contribution in [2.24, 2.45) is 0 Å². The van der Waals surface area contributed by atoms with E-state index in [4.69, 9.17) is 9.29 Å². The molecule has 0 radical (unpaired) electrons. The van der Waals surface area contributed by atoms with Crippen molar-refractivity contribution in [2.45, 2.75) is 19.1 Å². The molecule has 0 aromatic carbocycles. The van der Waals surface area contributed by atoms with Crippen molar-refractivity contribution < 1.29 is 9.29 Å². The molecule has 1 heterocycles. The Bertz CT molecular complexity index is 51.7. The Morgan fingerprint density at radius 3 is 2.86 bits per heavy atom. The summed E-state index contributed by atoms with van der Waals surface area (Å²) >= 11 is 1.35. The Morgan fingerprint density at radius 2 is 2.57 bits per heavy atom. The summed E-state index contributed by atoms with van der Waals surface area (Å²) in [7, 11) is 0. The Morgan fingerprint density at radius 1 is 1.71 bits per heavy atom. The number of aliphatic hydroxyl groups excluding tert-OH is 1. The number of hydrogen-bond donors (Lipinski definition) is 1. The molecular weight excluding hydrogens is 112 g/mol. The molecule has 1 fully saturated rings. The second-order valence-electron chi connectivity index (χ2n) is 1.52. The van der Waals surface area contributed by atoms with Crippen LogP contribution >= 0.6 is 12.0 Å². The highest BCUT2D eigenvalue weighted by atomic mass is 32.2. The predicted octanol–water partition coefficient (Wildman–Crippen LogP) is 0.763. The molecule has 0 saturated carbocycles. The molecule has 1 aliphatic rings. The zero-order valence-electron chi connectivity index (χ0n) is 3.96. The zero-order chi connectivity index (χ0) is 5.11. The van der Waals surface area contributed by atoms with Crippen molar-refractivity contribution in [1.29, 1.82) is 0 Å². The normalized spacial score (nSPS) is 33.0. The second kappa shape index (κ2) is 2.55. The van der Waals surface area contributed by atoms with Crippen LogP contribution in [0.2, 0.25) is 0 Å². The first-order valence-electron chi connectivity index (χ1n) is 2.36. The van der Waals surface area contributed by atoms with E-state index >= 15 is 0 Å². The average molecular weight is 120 g/mol. The van der Waals surface area contributed by atoms with Crippen LogP contribution in [0.4, 0.5) is 0 Å². The van der Waals surface area contributed by atoms with Crippen molar-refractivity contribution in [3.05, 3.63) is 0 Å². The summed E-state index contributed by atoms with van der Waals surface area (Å²) in [4.78, 5) is 0. The van der Waals surface area contributed by atoms with Crippen molar-refractivity contribution >= 4 is 12.0 Å². The Balaban J connectivity index is 2.12. The third kappa shape index (κ3) is 1.67. The maximum absolute atomic E-state index is 8.67. The van der Waals surface area contributed by atoms with Crippen molar-refractivity contribution in [3.63, 3.8) is 0 Å². The fourth-order valence-corrected chi connectivity index (χ4v) is 1.13. The summed E-state index contributed by atoms with van der Waals surface area (Å²) in [6.07, 6.45) is 1.37. The molecule has 1 unspecified atom stereocenters. The minimum atomic E-state index is -0.501. The fourth-order valence-electron chi connectivity index (χ4n) is 0.492. The first kappa shape index (κ1) is 5.41. The molecule has 7 heavy (non-hydrogen) atoms. The van der Waals surface area contributed by atoms with Gasteiger partial charge >= 0.3 is 0 Å². The molecule has 3 heteroatoms. The summed E-state index contributed by atoms with van der Waals surface area (Å²) in [5, 5.41) is 8.67. The lowest BCUT2D eigenvalue weighted by Gasteiger charge is -2.14. The van der Waals surface area contributed by atoms with Gasteiger partial charge in [-0.3, -0.25) is 4.18 Å². The van der Waals surface area contributed by atoms with Gasteiger partial charge in [0.05, 0.1) is 0 Å². The van der Waals surface area contributed by atoms with Crippen LogP contribution in [0.5, 0.6) is 0 Å². The minimum absolute atomic E-state index is 0.501. The largest absolute Gasteiger partial charge is 0.367 e. The Labute approximate surface area is 47.1 Å². The van der Waals surface area contributed by atoms with Gasteiger partial charge in [0.1, 0.15) is 0 Å². The van der Waals surface area contributed by atoms with Gasteiger partial charge in [0.25, 0.3) is 0 Å². The molecule has 0 amide bonds. The van der Waals surface area contributed by atoms with Gasteiger partial charge in [-0.2, -0.15) is 0 Å². The minimum Gasteiger partial charge on any atom is -0.367 e. The number of rotatable bonds is 0. The molecule has 1 rings (SSSR count). The highest BCUT2D eigenvalue weighted by Gasteiger charge is 2.08. The van der Waals surface area contributed by atoms with Crippen LogP contribution in [0, 0.1) is 0 Å². The predicted molar refractivity (Wildman–Crippen MR) is 28.8 cm³/mol. The Kier molecular flexibility index (Phi) is 1.97. The summed E-state index contributed by atoms with van der Waals surface area (Å²) in [6.45, 7) is 0. The van der Waals surface area contributed by atoms with Gasteiger partial charge in [-0.1, -0.05) is 0 Å². The lowest BCUT2D eigenvalue weighted by molar-refractivity contribution is -0.0135. The van der Waals surface area contributed by atoms with Crippen LogP contribution in [0.1, 0.15) is 12.8 Å². The van der Waals surface area contributed by atoms with E-state index in [1.807, 2.05) is 0 Å². The molecule has 1 aliphatic heterocycles. The summed E-state index contributed by atoms with van der Waals surface area (Å²) in [5.74, 6) is 1.02. The molecule has 0 aromatic rings. The maximum Gasteiger partial charge on any atom is 0.167 e. The van der Waals surface area contributed by atoms with Gasteiger partial charge in [-0.15, -0.1) is 0 Å². The Hall–Kier alpha value is 0.270. The van der Waals surface area contributed by atoms with Crippen LogP contribution in [-0.2, 0) is 4.18 Å². The number of hydrogen-bond acceptors (Lipinski definition) is 3. The van der Waals surface area contributed by atoms with Gasteiger partial charge in [-0.05, 0) is 18.5 Å². The molecule has 0 spiro atoms. The lowest BCUT2D eigenvalue weighted by Crippen LogP contribution is -2.12. The SMILES string of the molecule is OC1CCCSO1. The van der Waals surface area contributed by atoms with E-state index in [9.17, 15) is 0 Å². The van der Waals surface area contributed by atoms with Gasteiger partial charge in [0.2, 0.25) is 0 Å². The summed E-state index contributed by atoms with van der Waals surface area (Å²) < 4.78 is 4.75. The van der Waals surface area contributed by atoms with Gasteiger partial charge in [0.15, 0.2) is 6.29 Å². The van der Waals surface area contributed by atoms with Crippen LogP contribution in [0.25, 0.3) is 0 Å². The standard InChI is InChI=1S/C4H8O2S/c5-4-2-1-3-7-6-4/h4-5H,1-3H2. The van der Waals surface area contributed by atoms with Crippen LogP contribution in [-0.4, -0.2) is 17.1 Å². The number of aliphatic hydroxyl groups is 1. The van der Waals surface area contributed by atoms with Crippen molar-refractivity contribution in [1.82, 2.24) is 0 Å². The van der Waals surface area contributed by atoms with Gasteiger partial charge < -0.3 is 5.11 Å². The second-order valence-corrected chi connectivity index (χ2v) is 2.35. The van der Waals surface area contributed by atoms with E-state index in [1.165, 1.54) is 12.0 Å².